The number of carbonyl (C=O) groups is 4. The molecule has 0 radical (unpaired) electrons. The molecule has 132 valence electrons. The Labute approximate surface area is 147 Å². The molecule has 0 spiro atoms. The lowest BCUT2D eigenvalue weighted by Crippen LogP contribution is -2.47. The molecule has 1 atom stereocenters. The van der Waals surface area contributed by atoms with Gasteiger partial charge in [-0.15, -0.1) is 0 Å². The predicted molar refractivity (Wildman–Crippen MR) is 90.2 cm³/mol. The third kappa shape index (κ3) is 3.36. The van der Waals surface area contributed by atoms with Crippen LogP contribution in [0.25, 0.3) is 0 Å². The minimum atomic E-state index is -1.32. The molecule has 1 aromatic carbocycles. The van der Waals surface area contributed by atoms with Gasteiger partial charge in [0.15, 0.2) is 5.92 Å². The summed E-state index contributed by atoms with van der Waals surface area (Å²) < 4.78 is 5.12. The largest absolute Gasteiger partial charge is 0.467 e. The summed E-state index contributed by atoms with van der Waals surface area (Å²) in [5.74, 6) is -3.13. The van der Waals surface area contributed by atoms with E-state index in [1.165, 1.54) is 18.4 Å². The summed E-state index contributed by atoms with van der Waals surface area (Å²) in [5.41, 5.74) is 5.53. The van der Waals surface area contributed by atoms with Gasteiger partial charge in [0, 0.05) is 6.21 Å². The van der Waals surface area contributed by atoms with Gasteiger partial charge in [0.2, 0.25) is 11.8 Å². The minimum absolute atomic E-state index is 0.101. The lowest BCUT2D eigenvalue weighted by Gasteiger charge is -2.24. The second-order valence-electron chi connectivity index (χ2n) is 5.44. The summed E-state index contributed by atoms with van der Waals surface area (Å²) in [6, 6.07) is 8.54. The minimum Gasteiger partial charge on any atom is -0.467 e. The van der Waals surface area contributed by atoms with Crippen molar-refractivity contribution in [2.75, 3.05) is 5.32 Å². The van der Waals surface area contributed by atoms with Crippen molar-refractivity contribution in [2.24, 2.45) is 16.6 Å². The second-order valence-corrected chi connectivity index (χ2v) is 5.44. The number of aliphatic imine (C=N–C) groups is 1. The van der Waals surface area contributed by atoms with E-state index in [2.05, 4.69) is 10.3 Å². The molecule has 2 heterocycles. The number of anilines is 1. The second kappa shape index (κ2) is 7.01. The van der Waals surface area contributed by atoms with Crippen LogP contribution in [0.1, 0.15) is 16.1 Å². The molecule has 1 aliphatic heterocycles. The first kappa shape index (κ1) is 17.1. The Bertz CT molecular complexity index is 904. The predicted octanol–water partition coefficient (Wildman–Crippen LogP) is 1.17. The standard InChI is InChI=1S/C17H14N4O5/c18-14(22)11-5-1-2-6-13(11)20-15(23)12-8-19-17(25)21(16(12)24)9-10-4-3-7-26-10/h1-8,12H,9H2,(H2,18,22)(H,20,23). The fourth-order valence-corrected chi connectivity index (χ4v) is 2.44. The van der Waals surface area contributed by atoms with E-state index in [-0.39, 0.29) is 17.8 Å². The number of hydrogen-bond donors (Lipinski definition) is 2. The topological polar surface area (TPSA) is 135 Å². The first-order chi connectivity index (χ1) is 12.5. The molecule has 2 aromatic rings. The summed E-state index contributed by atoms with van der Waals surface area (Å²) in [6.07, 6.45) is 2.38. The van der Waals surface area contributed by atoms with Gasteiger partial charge in [0.05, 0.1) is 24.1 Å². The van der Waals surface area contributed by atoms with E-state index in [4.69, 9.17) is 10.2 Å². The van der Waals surface area contributed by atoms with Gasteiger partial charge in [-0.1, -0.05) is 12.1 Å². The van der Waals surface area contributed by atoms with Gasteiger partial charge >= 0.3 is 6.03 Å². The summed E-state index contributed by atoms with van der Waals surface area (Å²) >= 11 is 0. The molecule has 1 aliphatic rings. The molecule has 0 saturated heterocycles. The van der Waals surface area contributed by atoms with Crippen LogP contribution in [0.15, 0.2) is 52.1 Å². The van der Waals surface area contributed by atoms with Crippen molar-refractivity contribution in [1.82, 2.24) is 4.90 Å². The Morgan fingerprint density at radius 2 is 1.96 bits per heavy atom. The van der Waals surface area contributed by atoms with Crippen LogP contribution in [-0.4, -0.2) is 34.9 Å². The van der Waals surface area contributed by atoms with E-state index in [1.807, 2.05) is 0 Å². The number of hydrogen-bond acceptors (Lipinski definition) is 5. The lowest BCUT2D eigenvalue weighted by molar-refractivity contribution is -0.135. The summed E-state index contributed by atoms with van der Waals surface area (Å²) in [5, 5.41) is 2.47. The Hall–Kier alpha value is -3.75. The monoisotopic (exact) mass is 354 g/mol. The highest BCUT2D eigenvalue weighted by molar-refractivity contribution is 6.23. The normalized spacial score (nSPS) is 16.6. The van der Waals surface area contributed by atoms with Crippen molar-refractivity contribution in [3.8, 4) is 0 Å². The van der Waals surface area contributed by atoms with Gasteiger partial charge in [0.25, 0.3) is 5.91 Å². The van der Waals surface area contributed by atoms with Crippen molar-refractivity contribution >= 4 is 35.7 Å². The number of nitrogens with two attached hydrogens (primary N) is 1. The van der Waals surface area contributed by atoms with Crippen molar-refractivity contribution < 1.29 is 23.6 Å². The maximum Gasteiger partial charge on any atom is 0.350 e. The zero-order chi connectivity index (χ0) is 18.7. The lowest BCUT2D eigenvalue weighted by atomic mass is 10.1. The van der Waals surface area contributed by atoms with Crippen LogP contribution in [0, 0.1) is 5.92 Å². The Balaban J connectivity index is 1.79. The molecule has 0 bridgehead atoms. The fourth-order valence-electron chi connectivity index (χ4n) is 2.44. The summed E-state index contributed by atoms with van der Waals surface area (Å²) in [6.45, 7) is -0.135. The number of benzene rings is 1. The van der Waals surface area contributed by atoms with Crippen molar-refractivity contribution in [2.45, 2.75) is 6.54 Å². The molecular weight excluding hydrogens is 340 g/mol. The average Bonchev–Trinajstić information content (AvgIpc) is 3.12. The van der Waals surface area contributed by atoms with Crippen LogP contribution in [-0.2, 0) is 16.1 Å². The summed E-state index contributed by atoms with van der Waals surface area (Å²) in [4.78, 5) is 52.7. The fraction of sp³-hybridized carbons (Fsp3) is 0.118. The molecule has 0 aliphatic carbocycles. The Morgan fingerprint density at radius 3 is 2.65 bits per heavy atom. The molecule has 5 amide bonds. The van der Waals surface area contributed by atoms with E-state index in [9.17, 15) is 19.2 Å². The van der Waals surface area contributed by atoms with E-state index in [0.717, 1.165) is 11.1 Å². The van der Waals surface area contributed by atoms with E-state index >= 15 is 0 Å². The van der Waals surface area contributed by atoms with Crippen LogP contribution in [0.2, 0.25) is 0 Å². The molecule has 3 N–H and O–H groups in total. The highest BCUT2D eigenvalue weighted by Crippen LogP contribution is 2.19. The number of primary amides is 1. The number of imide groups is 1. The van der Waals surface area contributed by atoms with Gasteiger partial charge < -0.3 is 15.5 Å². The first-order valence-corrected chi connectivity index (χ1v) is 7.59. The van der Waals surface area contributed by atoms with Crippen molar-refractivity contribution in [1.29, 1.82) is 0 Å². The molecule has 26 heavy (non-hydrogen) atoms. The zero-order valence-corrected chi connectivity index (χ0v) is 13.4. The summed E-state index contributed by atoms with van der Waals surface area (Å²) in [7, 11) is 0. The average molecular weight is 354 g/mol. The maximum absolute atomic E-state index is 12.5. The molecule has 1 aromatic heterocycles. The smallest absolute Gasteiger partial charge is 0.350 e. The number of furan rings is 1. The molecule has 9 heteroatoms. The quantitative estimate of drug-likeness (QED) is 0.777. The molecule has 3 rings (SSSR count). The highest BCUT2D eigenvalue weighted by Gasteiger charge is 2.37. The van der Waals surface area contributed by atoms with Gasteiger partial charge in [0.1, 0.15) is 5.76 Å². The molecule has 9 nitrogen and oxygen atoms in total. The van der Waals surface area contributed by atoms with Crippen molar-refractivity contribution in [3.63, 3.8) is 0 Å². The van der Waals surface area contributed by atoms with Crippen LogP contribution >= 0.6 is 0 Å². The van der Waals surface area contributed by atoms with Crippen LogP contribution in [0.5, 0.6) is 0 Å². The number of nitrogens with zero attached hydrogens (tertiary/aromatic N) is 2. The van der Waals surface area contributed by atoms with E-state index in [0.29, 0.717) is 5.76 Å². The number of rotatable bonds is 5. The number of para-hydroxylation sites is 1. The van der Waals surface area contributed by atoms with E-state index < -0.39 is 29.7 Å². The SMILES string of the molecule is NC(=O)c1ccccc1NC(=O)C1C=NC(=O)N(Cc2ccco2)C1=O. The van der Waals surface area contributed by atoms with Gasteiger partial charge in [-0.05, 0) is 24.3 Å². The van der Waals surface area contributed by atoms with Gasteiger partial charge in [-0.3, -0.25) is 19.3 Å². The van der Waals surface area contributed by atoms with Crippen LogP contribution < -0.4 is 11.1 Å². The highest BCUT2D eigenvalue weighted by atomic mass is 16.3. The van der Waals surface area contributed by atoms with Crippen LogP contribution in [0.3, 0.4) is 0 Å². The molecule has 0 saturated carbocycles. The van der Waals surface area contributed by atoms with Crippen molar-refractivity contribution in [3.05, 3.63) is 54.0 Å². The first-order valence-electron chi connectivity index (χ1n) is 7.59. The third-order valence-electron chi connectivity index (χ3n) is 3.72. The van der Waals surface area contributed by atoms with E-state index in [1.54, 1.807) is 24.3 Å². The molecule has 1 unspecified atom stereocenters. The van der Waals surface area contributed by atoms with Crippen LogP contribution in [0.4, 0.5) is 10.5 Å². The number of urea groups is 1. The molecule has 0 fully saturated rings. The molecular formula is C17H14N4O5. The zero-order valence-electron chi connectivity index (χ0n) is 13.4. The van der Waals surface area contributed by atoms with Gasteiger partial charge in [-0.25, -0.2) is 9.79 Å². The maximum atomic E-state index is 12.5. The number of amides is 5. The van der Waals surface area contributed by atoms with Gasteiger partial charge in [-0.2, -0.15) is 0 Å². The Morgan fingerprint density at radius 1 is 1.19 bits per heavy atom. The number of nitrogens with one attached hydrogen (secondary N) is 1. The number of carbonyl (C=O) groups excluding carboxylic acids is 4. The Kier molecular flexibility index (Phi) is 4.61. The third-order valence-corrected chi connectivity index (χ3v) is 3.72.